The maximum absolute atomic E-state index is 12.7. The molecule has 0 spiro atoms. The van der Waals surface area contributed by atoms with E-state index in [1.807, 2.05) is 37.3 Å². The Hall–Kier alpha value is -2.00. The van der Waals surface area contributed by atoms with Crippen molar-refractivity contribution in [1.29, 1.82) is 5.26 Å². The second kappa shape index (κ2) is 6.19. The molecule has 0 N–H and O–H groups in total. The maximum Gasteiger partial charge on any atom is 0.433 e. The molecule has 1 heterocycles. The second-order valence-corrected chi connectivity index (χ2v) is 5.34. The highest BCUT2D eigenvalue weighted by Crippen LogP contribution is 2.32. The number of nitrogens with zero attached hydrogens (tertiary/aromatic N) is 2. The third-order valence-corrected chi connectivity index (χ3v) is 3.94. The minimum absolute atomic E-state index is 0.107. The van der Waals surface area contributed by atoms with E-state index in [9.17, 15) is 13.2 Å². The Balaban J connectivity index is 2.27. The van der Waals surface area contributed by atoms with Gasteiger partial charge in [-0.25, -0.2) is 4.98 Å². The van der Waals surface area contributed by atoms with Crippen LogP contribution in [0.5, 0.6) is 0 Å². The Kier molecular flexibility index (Phi) is 4.53. The summed E-state index contributed by atoms with van der Waals surface area (Å²) in [6.07, 6.45) is -4.51. The lowest BCUT2D eigenvalue weighted by atomic mass is 10.1. The molecular formula is C15H11F3N2S. The largest absolute Gasteiger partial charge is 0.433 e. The lowest BCUT2D eigenvalue weighted by Crippen LogP contribution is -2.08. The van der Waals surface area contributed by atoms with Gasteiger partial charge in [-0.1, -0.05) is 24.3 Å². The first kappa shape index (κ1) is 15.4. The molecule has 0 amide bonds. The third kappa shape index (κ3) is 3.76. The smallest absolute Gasteiger partial charge is 0.236 e. The van der Waals surface area contributed by atoms with E-state index in [0.29, 0.717) is 5.75 Å². The Morgan fingerprint density at radius 2 is 1.90 bits per heavy atom. The van der Waals surface area contributed by atoms with Crippen LogP contribution in [0.25, 0.3) is 0 Å². The number of aromatic nitrogens is 1. The summed E-state index contributed by atoms with van der Waals surface area (Å²) in [6.45, 7) is 1.93. The molecule has 1 aromatic heterocycles. The van der Waals surface area contributed by atoms with E-state index < -0.39 is 11.9 Å². The Bertz CT molecular complexity index is 690. The van der Waals surface area contributed by atoms with Gasteiger partial charge in [-0.3, -0.25) is 0 Å². The topological polar surface area (TPSA) is 36.7 Å². The number of alkyl halides is 3. The molecule has 6 heteroatoms. The van der Waals surface area contributed by atoms with E-state index in [1.54, 1.807) is 0 Å². The summed E-state index contributed by atoms with van der Waals surface area (Å²) < 4.78 is 38.0. The first-order valence-corrected chi connectivity index (χ1v) is 7.06. The van der Waals surface area contributed by atoms with Gasteiger partial charge in [0.2, 0.25) is 0 Å². The number of halogens is 3. The highest BCUT2D eigenvalue weighted by Gasteiger charge is 2.33. The molecule has 0 unspecified atom stereocenters. The van der Waals surface area contributed by atoms with E-state index in [-0.39, 0.29) is 10.6 Å². The van der Waals surface area contributed by atoms with Gasteiger partial charge in [0.05, 0.1) is 5.56 Å². The molecule has 0 bridgehead atoms. The summed E-state index contributed by atoms with van der Waals surface area (Å²) in [4.78, 5) is 3.57. The summed E-state index contributed by atoms with van der Waals surface area (Å²) in [6, 6.07) is 11.5. The number of aryl methyl sites for hydroxylation is 1. The second-order valence-electron chi connectivity index (χ2n) is 4.37. The van der Waals surface area contributed by atoms with Crippen molar-refractivity contribution >= 4 is 11.8 Å². The highest BCUT2D eigenvalue weighted by atomic mass is 32.2. The monoisotopic (exact) mass is 308 g/mol. The van der Waals surface area contributed by atoms with Gasteiger partial charge in [0.1, 0.15) is 16.8 Å². The van der Waals surface area contributed by atoms with Crippen LogP contribution in [0.3, 0.4) is 0 Å². The van der Waals surface area contributed by atoms with Crippen molar-refractivity contribution in [2.45, 2.75) is 23.9 Å². The average molecular weight is 308 g/mol. The van der Waals surface area contributed by atoms with Crippen LogP contribution < -0.4 is 0 Å². The number of thioether (sulfide) groups is 1. The van der Waals surface area contributed by atoms with E-state index in [4.69, 9.17) is 5.26 Å². The van der Waals surface area contributed by atoms with Crippen LogP contribution in [0.2, 0.25) is 0 Å². The summed E-state index contributed by atoms with van der Waals surface area (Å²) in [7, 11) is 0. The predicted octanol–water partition coefficient (Wildman–Crippen LogP) is 4.57. The molecule has 0 aliphatic rings. The van der Waals surface area contributed by atoms with E-state index in [1.165, 1.54) is 0 Å². The van der Waals surface area contributed by atoms with Gasteiger partial charge in [-0.15, -0.1) is 11.8 Å². The zero-order chi connectivity index (χ0) is 15.5. The number of rotatable bonds is 3. The molecule has 108 valence electrons. The van der Waals surface area contributed by atoms with Crippen LogP contribution in [0.4, 0.5) is 13.2 Å². The van der Waals surface area contributed by atoms with Crippen LogP contribution >= 0.6 is 11.8 Å². The highest BCUT2D eigenvalue weighted by molar-refractivity contribution is 7.98. The van der Waals surface area contributed by atoms with E-state index in [2.05, 4.69) is 4.98 Å². The minimum Gasteiger partial charge on any atom is -0.236 e. The normalized spacial score (nSPS) is 11.2. The molecule has 2 aromatic rings. The summed E-state index contributed by atoms with van der Waals surface area (Å²) in [5.74, 6) is 0.468. The molecule has 0 saturated heterocycles. The van der Waals surface area contributed by atoms with E-state index >= 15 is 0 Å². The maximum atomic E-state index is 12.7. The lowest BCUT2D eigenvalue weighted by Gasteiger charge is -2.10. The molecule has 2 nitrogen and oxygen atoms in total. The molecule has 21 heavy (non-hydrogen) atoms. The van der Waals surface area contributed by atoms with Crippen LogP contribution in [0.15, 0.2) is 41.4 Å². The van der Waals surface area contributed by atoms with Gasteiger partial charge in [-0.05, 0) is 30.2 Å². The fraction of sp³-hybridized carbons (Fsp3) is 0.200. The van der Waals surface area contributed by atoms with Gasteiger partial charge in [0, 0.05) is 5.75 Å². The first-order valence-electron chi connectivity index (χ1n) is 6.07. The standard InChI is InChI=1S/C15H11F3N2S/c1-10-4-2-3-5-12(10)9-21-14-11(8-19)6-7-13(20-14)15(16,17)18/h2-7H,9H2,1H3. The van der Waals surface area contributed by atoms with Crippen molar-refractivity contribution in [2.75, 3.05) is 0 Å². The van der Waals surface area contributed by atoms with Gasteiger partial charge < -0.3 is 0 Å². The summed E-state index contributed by atoms with van der Waals surface area (Å²) >= 11 is 1.14. The molecule has 0 atom stereocenters. The fourth-order valence-corrected chi connectivity index (χ4v) is 2.76. The van der Waals surface area contributed by atoms with Crippen LogP contribution in [-0.4, -0.2) is 4.98 Å². The van der Waals surface area contributed by atoms with Crippen molar-refractivity contribution < 1.29 is 13.2 Å². The molecule has 0 aliphatic carbocycles. The SMILES string of the molecule is Cc1ccccc1CSc1nc(C(F)(F)F)ccc1C#N. The van der Waals surface area contributed by atoms with Gasteiger partial charge in [0.15, 0.2) is 0 Å². The first-order chi connectivity index (χ1) is 9.91. The van der Waals surface area contributed by atoms with Gasteiger partial charge in [-0.2, -0.15) is 18.4 Å². The van der Waals surface area contributed by atoms with Crippen molar-refractivity contribution in [3.8, 4) is 6.07 Å². The quantitative estimate of drug-likeness (QED) is 0.779. The average Bonchev–Trinajstić information content (AvgIpc) is 2.45. The van der Waals surface area contributed by atoms with E-state index in [0.717, 1.165) is 35.0 Å². The third-order valence-electron chi connectivity index (χ3n) is 2.90. The molecular weight excluding hydrogens is 297 g/mol. The van der Waals surface area contributed by atoms with Gasteiger partial charge in [0.25, 0.3) is 0 Å². The van der Waals surface area contributed by atoms with Crippen LogP contribution in [0.1, 0.15) is 22.4 Å². The van der Waals surface area contributed by atoms with Gasteiger partial charge >= 0.3 is 6.18 Å². The Morgan fingerprint density at radius 1 is 1.19 bits per heavy atom. The summed E-state index contributed by atoms with van der Waals surface area (Å²) in [5, 5.41) is 9.09. The molecule has 0 saturated carbocycles. The van der Waals surface area contributed by atoms with Crippen molar-refractivity contribution in [3.05, 3.63) is 58.8 Å². The molecule has 1 aromatic carbocycles. The van der Waals surface area contributed by atoms with Crippen molar-refractivity contribution in [1.82, 2.24) is 4.98 Å². The minimum atomic E-state index is -4.51. The summed E-state index contributed by atoms with van der Waals surface area (Å²) in [5.41, 5.74) is 1.23. The van der Waals surface area contributed by atoms with Crippen LogP contribution in [-0.2, 0) is 11.9 Å². The zero-order valence-electron chi connectivity index (χ0n) is 11.1. The fourth-order valence-electron chi connectivity index (χ4n) is 1.71. The van der Waals surface area contributed by atoms with Crippen LogP contribution in [0, 0.1) is 18.3 Å². The zero-order valence-corrected chi connectivity index (χ0v) is 11.9. The lowest BCUT2D eigenvalue weighted by molar-refractivity contribution is -0.141. The predicted molar refractivity (Wildman–Crippen MR) is 74.7 cm³/mol. The molecule has 0 radical (unpaired) electrons. The molecule has 0 fully saturated rings. The number of hydrogen-bond acceptors (Lipinski definition) is 3. The molecule has 2 rings (SSSR count). The number of hydrogen-bond donors (Lipinski definition) is 0. The number of benzene rings is 1. The van der Waals surface area contributed by atoms with Crippen molar-refractivity contribution in [2.24, 2.45) is 0 Å². The number of nitriles is 1. The van der Waals surface area contributed by atoms with Crippen molar-refractivity contribution in [3.63, 3.8) is 0 Å². The Labute approximate surface area is 124 Å². The Morgan fingerprint density at radius 3 is 2.52 bits per heavy atom. The molecule has 0 aliphatic heterocycles. The number of pyridine rings is 1.